The molecule has 6 heteroatoms. The van der Waals surface area contributed by atoms with Gasteiger partial charge in [-0.1, -0.05) is 42.7 Å². The van der Waals surface area contributed by atoms with Gasteiger partial charge in [0.2, 0.25) is 11.7 Å². The highest BCUT2D eigenvalue weighted by Gasteiger charge is 2.43. The van der Waals surface area contributed by atoms with Gasteiger partial charge in [0.15, 0.2) is 0 Å². The summed E-state index contributed by atoms with van der Waals surface area (Å²) in [5, 5.41) is 14.8. The summed E-state index contributed by atoms with van der Waals surface area (Å²) in [6.07, 6.45) is 0. The lowest BCUT2D eigenvalue weighted by molar-refractivity contribution is -0.133. The molecule has 1 N–H and O–H groups in total. The molecule has 5 nitrogen and oxygen atoms in total. The summed E-state index contributed by atoms with van der Waals surface area (Å²) in [6.45, 7) is 5.87. The summed E-state index contributed by atoms with van der Waals surface area (Å²) >= 11 is 6.12. The summed E-state index contributed by atoms with van der Waals surface area (Å²) in [7, 11) is 0. The van der Waals surface area contributed by atoms with E-state index >= 15 is 0 Å². The minimum absolute atomic E-state index is 0.245. The number of nitrogens with zero attached hydrogens (tertiary/aromatic N) is 3. The van der Waals surface area contributed by atoms with Crippen LogP contribution in [0.2, 0.25) is 5.02 Å². The van der Waals surface area contributed by atoms with Crippen molar-refractivity contribution in [1.82, 2.24) is 15.0 Å². The summed E-state index contributed by atoms with van der Waals surface area (Å²) in [5.74, 6) is 1.28. The van der Waals surface area contributed by atoms with E-state index in [-0.39, 0.29) is 5.92 Å². The molecule has 2 aromatic rings. The Hall–Kier alpha value is -1.43. The molecule has 0 unspecified atom stereocenters. The zero-order valence-corrected chi connectivity index (χ0v) is 12.8. The first-order chi connectivity index (χ1) is 9.98. The molecule has 1 aromatic carbocycles. The van der Waals surface area contributed by atoms with Gasteiger partial charge in [-0.3, -0.25) is 4.90 Å². The topological polar surface area (TPSA) is 62.4 Å². The molecule has 0 bridgehead atoms. The van der Waals surface area contributed by atoms with Crippen LogP contribution in [0.5, 0.6) is 0 Å². The number of β-amino-alcohol motifs (C(OH)–C–C–N with tert-alkyl or cyclic N) is 1. The predicted octanol–water partition coefficient (Wildman–Crippen LogP) is 2.59. The van der Waals surface area contributed by atoms with Crippen LogP contribution in [0.25, 0.3) is 11.4 Å². The molecule has 1 aliphatic heterocycles. The van der Waals surface area contributed by atoms with Crippen molar-refractivity contribution in [2.24, 2.45) is 5.92 Å². The Bertz CT molecular complexity index is 635. The number of halogens is 1. The molecular weight excluding hydrogens is 290 g/mol. The van der Waals surface area contributed by atoms with Crippen LogP contribution < -0.4 is 0 Å². The third kappa shape index (κ3) is 2.81. The van der Waals surface area contributed by atoms with Crippen molar-refractivity contribution in [3.63, 3.8) is 0 Å². The van der Waals surface area contributed by atoms with Gasteiger partial charge in [0.25, 0.3) is 0 Å². The quantitative estimate of drug-likeness (QED) is 0.940. The minimum atomic E-state index is -0.592. The largest absolute Gasteiger partial charge is 0.387 e. The molecule has 0 spiro atoms. The van der Waals surface area contributed by atoms with Crippen molar-refractivity contribution in [3.05, 3.63) is 35.2 Å². The standard InChI is InChI=1S/C15H18ClN3O2/c1-10(2)15(20)8-19(9-15)7-13-17-14(18-21-13)11-5-3-4-6-12(11)16/h3-6,10,20H,7-9H2,1-2H3. The van der Waals surface area contributed by atoms with Crippen LogP contribution in [0.4, 0.5) is 0 Å². The second-order valence-corrected chi connectivity index (χ2v) is 6.30. The van der Waals surface area contributed by atoms with Gasteiger partial charge in [0.05, 0.1) is 17.2 Å². The molecule has 1 saturated heterocycles. The second kappa shape index (κ2) is 5.40. The summed E-state index contributed by atoms with van der Waals surface area (Å²) in [5.41, 5.74) is 0.169. The summed E-state index contributed by atoms with van der Waals surface area (Å²) < 4.78 is 5.27. The number of hydrogen-bond acceptors (Lipinski definition) is 5. The van der Waals surface area contributed by atoms with E-state index < -0.39 is 5.60 Å². The van der Waals surface area contributed by atoms with Crippen LogP contribution in [-0.2, 0) is 6.54 Å². The molecule has 0 radical (unpaired) electrons. The lowest BCUT2D eigenvalue weighted by atomic mass is 9.83. The number of likely N-dealkylation sites (tertiary alicyclic amines) is 1. The smallest absolute Gasteiger partial charge is 0.241 e. The molecule has 21 heavy (non-hydrogen) atoms. The Morgan fingerprint density at radius 1 is 1.38 bits per heavy atom. The Labute approximate surface area is 128 Å². The van der Waals surface area contributed by atoms with E-state index in [1.807, 2.05) is 32.0 Å². The number of aliphatic hydroxyl groups is 1. The van der Waals surface area contributed by atoms with E-state index in [0.717, 1.165) is 5.56 Å². The average molecular weight is 308 g/mol. The van der Waals surface area contributed by atoms with Crippen molar-refractivity contribution < 1.29 is 9.63 Å². The average Bonchev–Trinajstić information content (AvgIpc) is 2.85. The van der Waals surface area contributed by atoms with E-state index in [9.17, 15) is 5.11 Å². The highest BCUT2D eigenvalue weighted by molar-refractivity contribution is 6.33. The maximum atomic E-state index is 10.2. The van der Waals surface area contributed by atoms with Crippen LogP contribution in [-0.4, -0.2) is 38.8 Å². The van der Waals surface area contributed by atoms with E-state index in [2.05, 4.69) is 15.0 Å². The molecule has 0 atom stereocenters. The molecule has 0 amide bonds. The molecule has 1 aromatic heterocycles. The van der Waals surface area contributed by atoms with Gasteiger partial charge < -0.3 is 9.63 Å². The molecular formula is C15H18ClN3O2. The first-order valence-corrected chi connectivity index (χ1v) is 7.38. The van der Waals surface area contributed by atoms with Crippen molar-refractivity contribution in [3.8, 4) is 11.4 Å². The van der Waals surface area contributed by atoms with Crippen LogP contribution in [0.1, 0.15) is 19.7 Å². The minimum Gasteiger partial charge on any atom is -0.387 e. The molecule has 2 heterocycles. The number of rotatable bonds is 4. The lowest BCUT2D eigenvalue weighted by Crippen LogP contribution is -2.63. The molecule has 3 rings (SSSR count). The molecule has 0 aliphatic carbocycles. The fraction of sp³-hybridized carbons (Fsp3) is 0.467. The SMILES string of the molecule is CC(C)C1(O)CN(Cc2nc(-c3ccccc3Cl)no2)C1. The van der Waals surface area contributed by atoms with Gasteiger partial charge >= 0.3 is 0 Å². The monoisotopic (exact) mass is 307 g/mol. The van der Waals surface area contributed by atoms with E-state index in [0.29, 0.717) is 36.4 Å². The van der Waals surface area contributed by atoms with Gasteiger partial charge in [-0.25, -0.2) is 0 Å². The normalized spacial score (nSPS) is 18.0. The fourth-order valence-electron chi connectivity index (χ4n) is 2.47. The van der Waals surface area contributed by atoms with Gasteiger partial charge in [-0.05, 0) is 18.1 Å². The van der Waals surface area contributed by atoms with Gasteiger partial charge in [-0.15, -0.1) is 0 Å². The maximum absolute atomic E-state index is 10.2. The number of hydrogen-bond donors (Lipinski definition) is 1. The van der Waals surface area contributed by atoms with E-state index in [1.54, 1.807) is 6.07 Å². The third-order valence-corrected chi connectivity index (χ3v) is 4.34. The Balaban J connectivity index is 1.66. The van der Waals surface area contributed by atoms with E-state index in [1.165, 1.54) is 0 Å². The summed E-state index contributed by atoms with van der Waals surface area (Å²) in [4.78, 5) is 6.46. The van der Waals surface area contributed by atoms with Crippen LogP contribution >= 0.6 is 11.6 Å². The highest BCUT2D eigenvalue weighted by Crippen LogP contribution is 2.30. The lowest BCUT2D eigenvalue weighted by Gasteiger charge is -2.48. The van der Waals surface area contributed by atoms with E-state index in [4.69, 9.17) is 16.1 Å². The Morgan fingerprint density at radius 2 is 2.10 bits per heavy atom. The molecule has 0 saturated carbocycles. The van der Waals surface area contributed by atoms with Crippen molar-refractivity contribution in [2.45, 2.75) is 26.0 Å². The number of aromatic nitrogens is 2. The number of benzene rings is 1. The molecule has 1 aliphatic rings. The van der Waals surface area contributed by atoms with Crippen LogP contribution in [0, 0.1) is 5.92 Å². The first-order valence-electron chi connectivity index (χ1n) is 7.00. The highest BCUT2D eigenvalue weighted by atomic mass is 35.5. The first kappa shape index (κ1) is 14.5. The van der Waals surface area contributed by atoms with Crippen molar-refractivity contribution in [1.29, 1.82) is 0 Å². The second-order valence-electron chi connectivity index (χ2n) is 5.90. The Morgan fingerprint density at radius 3 is 2.76 bits per heavy atom. The predicted molar refractivity (Wildman–Crippen MR) is 79.8 cm³/mol. The zero-order chi connectivity index (χ0) is 15.0. The van der Waals surface area contributed by atoms with Crippen LogP contribution in [0.15, 0.2) is 28.8 Å². The Kier molecular flexibility index (Phi) is 3.73. The maximum Gasteiger partial charge on any atom is 0.241 e. The van der Waals surface area contributed by atoms with Gasteiger partial charge in [0, 0.05) is 18.7 Å². The molecule has 1 fully saturated rings. The fourth-order valence-corrected chi connectivity index (χ4v) is 2.69. The van der Waals surface area contributed by atoms with Gasteiger partial charge in [-0.2, -0.15) is 4.98 Å². The molecule has 112 valence electrons. The van der Waals surface area contributed by atoms with Gasteiger partial charge in [0.1, 0.15) is 0 Å². The van der Waals surface area contributed by atoms with Crippen LogP contribution in [0.3, 0.4) is 0 Å². The zero-order valence-electron chi connectivity index (χ0n) is 12.1. The third-order valence-electron chi connectivity index (χ3n) is 4.01. The van der Waals surface area contributed by atoms with Crippen molar-refractivity contribution in [2.75, 3.05) is 13.1 Å². The van der Waals surface area contributed by atoms with Crippen molar-refractivity contribution >= 4 is 11.6 Å². The summed E-state index contributed by atoms with van der Waals surface area (Å²) in [6, 6.07) is 7.40.